The van der Waals surface area contributed by atoms with Crippen LogP contribution in [0.4, 0.5) is 0 Å². The molecule has 1 aromatic rings. The zero-order valence-corrected chi connectivity index (χ0v) is 9.29. The predicted octanol–water partition coefficient (Wildman–Crippen LogP) is 2.84. The molecule has 0 aliphatic heterocycles. The highest BCUT2D eigenvalue weighted by atomic mass is 16.5. The van der Waals surface area contributed by atoms with E-state index in [-0.39, 0.29) is 0 Å². The first kappa shape index (κ1) is 9.78. The summed E-state index contributed by atoms with van der Waals surface area (Å²) in [5, 5.41) is 0. The number of rotatable bonds is 3. The standard InChI is InChI=1S/C12H19NO/c1-4-14-12-7-11(8-12)13-9(2)5-6-10(13)3/h5-6,11-12H,4,7-8H2,1-3H3. The smallest absolute Gasteiger partial charge is 0.0614 e. The second-order valence-electron chi connectivity index (χ2n) is 4.19. The molecule has 0 N–H and O–H groups in total. The van der Waals surface area contributed by atoms with E-state index in [1.165, 1.54) is 24.2 Å². The second kappa shape index (κ2) is 3.77. The lowest BCUT2D eigenvalue weighted by Gasteiger charge is -2.37. The summed E-state index contributed by atoms with van der Waals surface area (Å²) in [4.78, 5) is 0. The van der Waals surface area contributed by atoms with E-state index in [4.69, 9.17) is 4.74 Å². The zero-order valence-electron chi connectivity index (χ0n) is 9.29. The third-order valence-electron chi connectivity index (χ3n) is 3.16. The van der Waals surface area contributed by atoms with E-state index in [1.54, 1.807) is 0 Å². The van der Waals surface area contributed by atoms with E-state index in [9.17, 15) is 0 Å². The molecule has 2 rings (SSSR count). The van der Waals surface area contributed by atoms with Gasteiger partial charge in [-0.05, 0) is 45.7 Å². The van der Waals surface area contributed by atoms with E-state index in [2.05, 4.69) is 37.5 Å². The molecular formula is C12H19NO. The van der Waals surface area contributed by atoms with Crippen LogP contribution in [0, 0.1) is 13.8 Å². The number of ether oxygens (including phenoxy) is 1. The molecule has 1 aromatic heterocycles. The molecule has 0 aromatic carbocycles. The van der Waals surface area contributed by atoms with Crippen LogP contribution in [0.2, 0.25) is 0 Å². The largest absolute Gasteiger partial charge is 0.378 e. The number of nitrogens with zero attached hydrogens (tertiary/aromatic N) is 1. The Bertz CT molecular complexity index is 291. The molecule has 0 spiro atoms. The van der Waals surface area contributed by atoms with Crippen molar-refractivity contribution in [2.75, 3.05) is 6.61 Å². The maximum atomic E-state index is 5.57. The number of aryl methyl sites for hydroxylation is 2. The van der Waals surface area contributed by atoms with Crippen LogP contribution in [0.15, 0.2) is 12.1 Å². The molecule has 1 aliphatic carbocycles. The van der Waals surface area contributed by atoms with Crippen molar-refractivity contribution in [2.45, 2.75) is 45.8 Å². The summed E-state index contributed by atoms with van der Waals surface area (Å²) in [6, 6.07) is 5.08. The summed E-state index contributed by atoms with van der Waals surface area (Å²) in [5.41, 5.74) is 2.75. The van der Waals surface area contributed by atoms with E-state index >= 15 is 0 Å². The van der Waals surface area contributed by atoms with Gasteiger partial charge in [0.1, 0.15) is 0 Å². The summed E-state index contributed by atoms with van der Waals surface area (Å²) >= 11 is 0. The van der Waals surface area contributed by atoms with E-state index in [0.29, 0.717) is 12.1 Å². The molecule has 0 unspecified atom stereocenters. The van der Waals surface area contributed by atoms with Crippen molar-refractivity contribution in [1.82, 2.24) is 4.57 Å². The lowest BCUT2D eigenvalue weighted by atomic mass is 9.88. The monoisotopic (exact) mass is 193 g/mol. The molecule has 0 amide bonds. The fourth-order valence-corrected chi connectivity index (χ4v) is 2.38. The fraction of sp³-hybridized carbons (Fsp3) is 0.667. The Morgan fingerprint density at radius 1 is 1.29 bits per heavy atom. The highest BCUT2D eigenvalue weighted by Crippen LogP contribution is 2.36. The van der Waals surface area contributed by atoms with Crippen molar-refractivity contribution in [2.24, 2.45) is 0 Å². The minimum absolute atomic E-state index is 0.506. The van der Waals surface area contributed by atoms with E-state index in [1.807, 2.05) is 0 Å². The van der Waals surface area contributed by atoms with Crippen LogP contribution in [0.5, 0.6) is 0 Å². The van der Waals surface area contributed by atoms with Crippen LogP contribution in [-0.4, -0.2) is 17.3 Å². The minimum atomic E-state index is 0.506. The van der Waals surface area contributed by atoms with Gasteiger partial charge in [0.15, 0.2) is 0 Å². The van der Waals surface area contributed by atoms with Crippen LogP contribution in [0.1, 0.15) is 37.2 Å². The van der Waals surface area contributed by atoms with Gasteiger partial charge < -0.3 is 9.30 Å². The molecule has 0 radical (unpaired) electrons. The highest BCUT2D eigenvalue weighted by Gasteiger charge is 2.31. The van der Waals surface area contributed by atoms with Gasteiger partial charge in [-0.1, -0.05) is 0 Å². The molecule has 1 aliphatic rings. The maximum Gasteiger partial charge on any atom is 0.0614 e. The van der Waals surface area contributed by atoms with Gasteiger partial charge in [0, 0.05) is 24.0 Å². The highest BCUT2D eigenvalue weighted by molar-refractivity contribution is 5.16. The van der Waals surface area contributed by atoms with Gasteiger partial charge >= 0.3 is 0 Å². The summed E-state index contributed by atoms with van der Waals surface area (Å²) in [6.45, 7) is 7.28. The zero-order chi connectivity index (χ0) is 10.1. The Labute approximate surface area is 85.9 Å². The van der Waals surface area contributed by atoms with Crippen molar-refractivity contribution in [3.63, 3.8) is 0 Å². The van der Waals surface area contributed by atoms with Gasteiger partial charge in [0.05, 0.1) is 6.10 Å². The Hall–Kier alpha value is -0.760. The second-order valence-corrected chi connectivity index (χ2v) is 4.19. The molecule has 2 heteroatoms. The van der Waals surface area contributed by atoms with Gasteiger partial charge in [-0.25, -0.2) is 0 Å². The van der Waals surface area contributed by atoms with Crippen LogP contribution >= 0.6 is 0 Å². The van der Waals surface area contributed by atoms with Gasteiger partial charge in [-0.3, -0.25) is 0 Å². The molecule has 1 fully saturated rings. The molecule has 78 valence electrons. The number of hydrogen-bond donors (Lipinski definition) is 0. The van der Waals surface area contributed by atoms with Crippen LogP contribution in [-0.2, 0) is 4.74 Å². The number of hydrogen-bond acceptors (Lipinski definition) is 1. The Morgan fingerprint density at radius 2 is 1.86 bits per heavy atom. The van der Waals surface area contributed by atoms with Gasteiger partial charge in [0.2, 0.25) is 0 Å². The van der Waals surface area contributed by atoms with Gasteiger partial charge in [-0.2, -0.15) is 0 Å². The Balaban J connectivity index is 1.99. The van der Waals surface area contributed by atoms with Crippen LogP contribution in [0.25, 0.3) is 0 Å². The predicted molar refractivity (Wildman–Crippen MR) is 57.6 cm³/mol. The first-order chi connectivity index (χ1) is 6.72. The Morgan fingerprint density at radius 3 is 2.36 bits per heavy atom. The molecule has 0 bridgehead atoms. The Kier molecular flexibility index (Phi) is 2.64. The molecule has 2 nitrogen and oxygen atoms in total. The molecule has 0 atom stereocenters. The van der Waals surface area contributed by atoms with Crippen molar-refractivity contribution in [3.8, 4) is 0 Å². The van der Waals surface area contributed by atoms with Gasteiger partial charge in [0.25, 0.3) is 0 Å². The third kappa shape index (κ3) is 1.59. The third-order valence-corrected chi connectivity index (χ3v) is 3.16. The van der Waals surface area contributed by atoms with Crippen molar-refractivity contribution in [1.29, 1.82) is 0 Å². The van der Waals surface area contributed by atoms with Crippen LogP contribution in [0.3, 0.4) is 0 Å². The minimum Gasteiger partial charge on any atom is -0.378 e. The molecule has 1 saturated carbocycles. The first-order valence-corrected chi connectivity index (χ1v) is 5.48. The molecule has 14 heavy (non-hydrogen) atoms. The fourth-order valence-electron chi connectivity index (χ4n) is 2.38. The summed E-state index contributed by atoms with van der Waals surface area (Å²) in [6.07, 6.45) is 2.88. The van der Waals surface area contributed by atoms with Crippen LogP contribution < -0.4 is 0 Å². The lowest BCUT2D eigenvalue weighted by molar-refractivity contribution is -0.0204. The first-order valence-electron chi connectivity index (χ1n) is 5.48. The molecule has 1 heterocycles. The van der Waals surface area contributed by atoms with E-state index < -0.39 is 0 Å². The normalized spacial score (nSPS) is 26.2. The average molecular weight is 193 g/mol. The summed E-state index contributed by atoms with van der Waals surface area (Å²) in [5.74, 6) is 0. The number of aromatic nitrogens is 1. The van der Waals surface area contributed by atoms with Crippen molar-refractivity contribution >= 4 is 0 Å². The SMILES string of the molecule is CCOC1CC(n2c(C)ccc2C)C1. The summed E-state index contributed by atoms with van der Waals surface area (Å²) in [7, 11) is 0. The quantitative estimate of drug-likeness (QED) is 0.720. The molecular weight excluding hydrogens is 174 g/mol. The maximum absolute atomic E-state index is 5.57. The van der Waals surface area contributed by atoms with Crippen molar-refractivity contribution < 1.29 is 4.74 Å². The lowest BCUT2D eigenvalue weighted by Crippen LogP contribution is -2.34. The van der Waals surface area contributed by atoms with E-state index in [0.717, 1.165) is 6.61 Å². The average Bonchev–Trinajstić information content (AvgIpc) is 2.40. The molecule has 0 saturated heterocycles. The van der Waals surface area contributed by atoms with Gasteiger partial charge in [-0.15, -0.1) is 0 Å². The topological polar surface area (TPSA) is 14.2 Å². The summed E-state index contributed by atoms with van der Waals surface area (Å²) < 4.78 is 8.01. The van der Waals surface area contributed by atoms with Crippen molar-refractivity contribution in [3.05, 3.63) is 23.5 Å².